The van der Waals surface area contributed by atoms with Gasteiger partial charge in [-0.2, -0.15) is 5.26 Å². The summed E-state index contributed by atoms with van der Waals surface area (Å²) in [5.41, 5.74) is -2.49. The first kappa shape index (κ1) is 18.7. The maximum absolute atomic E-state index is 12.4. The predicted octanol–water partition coefficient (Wildman–Crippen LogP) is 1.99. The Hall–Kier alpha value is -2.10. The molecule has 0 aromatic carbocycles. The molecule has 0 aromatic heterocycles. The number of ether oxygens (including phenoxy) is 3. The van der Waals surface area contributed by atoms with Crippen LogP contribution in [0.2, 0.25) is 0 Å². The fourth-order valence-electron chi connectivity index (χ4n) is 4.90. The minimum Gasteiger partial charge on any atom is -0.457 e. The summed E-state index contributed by atoms with van der Waals surface area (Å²) in [5.74, 6) is -2.02. The summed E-state index contributed by atoms with van der Waals surface area (Å²) in [5, 5.41) is 9.67. The maximum atomic E-state index is 12.4. The van der Waals surface area contributed by atoms with E-state index in [1.54, 1.807) is 13.8 Å². The van der Waals surface area contributed by atoms with E-state index in [2.05, 4.69) is 6.07 Å². The van der Waals surface area contributed by atoms with E-state index in [1.807, 2.05) is 20.8 Å². The second-order valence-electron chi connectivity index (χ2n) is 8.59. The van der Waals surface area contributed by atoms with Crippen molar-refractivity contribution < 1.29 is 28.6 Å². The Morgan fingerprint density at radius 2 is 2.08 bits per heavy atom. The van der Waals surface area contributed by atoms with Crippen LogP contribution in [0.5, 0.6) is 0 Å². The first-order chi connectivity index (χ1) is 12.0. The molecule has 3 rings (SSSR count). The number of rotatable bonds is 5. The number of fused-ring (bicyclic) bond motifs is 1. The Bertz CT molecular complexity index is 709. The van der Waals surface area contributed by atoms with Crippen LogP contribution in [0, 0.1) is 39.4 Å². The van der Waals surface area contributed by atoms with E-state index in [9.17, 15) is 19.6 Å². The maximum Gasteiger partial charge on any atom is 0.344 e. The van der Waals surface area contributed by atoms with E-state index >= 15 is 0 Å². The van der Waals surface area contributed by atoms with Crippen LogP contribution in [0.15, 0.2) is 0 Å². The van der Waals surface area contributed by atoms with Gasteiger partial charge < -0.3 is 14.2 Å². The van der Waals surface area contributed by atoms with Crippen molar-refractivity contribution in [3.8, 4) is 6.07 Å². The number of nitrogens with zero attached hydrogens (tertiary/aromatic N) is 1. The molecule has 2 bridgehead atoms. The Balaban J connectivity index is 1.68. The van der Waals surface area contributed by atoms with Crippen LogP contribution in [0.1, 0.15) is 47.5 Å². The van der Waals surface area contributed by atoms with Crippen LogP contribution in [0.3, 0.4) is 0 Å². The average Bonchev–Trinajstić information content (AvgIpc) is 3.06. The quantitative estimate of drug-likeness (QED) is 0.543. The van der Waals surface area contributed by atoms with Crippen molar-refractivity contribution >= 4 is 17.9 Å². The Morgan fingerprint density at radius 3 is 2.65 bits per heavy atom. The third-order valence-corrected chi connectivity index (χ3v) is 6.99. The third kappa shape index (κ3) is 2.14. The van der Waals surface area contributed by atoms with Gasteiger partial charge in [0.05, 0.1) is 11.5 Å². The summed E-state index contributed by atoms with van der Waals surface area (Å²) < 4.78 is 16.1. The minimum atomic E-state index is -1.16. The standard InChI is InChI=1S/C19H25NO6/c1-6-17(3,4)15(22)24-8-12(21)25-13-11-7-18(5)14(13)26-16(23)19(18,9-20)10(11)2/h10-11,13-14H,6-8H2,1-5H3. The largest absolute Gasteiger partial charge is 0.457 e. The van der Waals surface area contributed by atoms with Crippen molar-refractivity contribution in [3.63, 3.8) is 0 Å². The molecule has 7 heteroatoms. The molecule has 1 saturated heterocycles. The summed E-state index contributed by atoms with van der Waals surface area (Å²) >= 11 is 0. The van der Waals surface area contributed by atoms with Crippen molar-refractivity contribution in [3.05, 3.63) is 0 Å². The summed E-state index contributed by atoms with van der Waals surface area (Å²) in [6.45, 7) is 8.59. The summed E-state index contributed by atoms with van der Waals surface area (Å²) in [4.78, 5) is 36.6. The van der Waals surface area contributed by atoms with Crippen LogP contribution in [0.4, 0.5) is 0 Å². The molecule has 0 radical (unpaired) electrons. The highest BCUT2D eigenvalue weighted by atomic mass is 16.6. The summed E-state index contributed by atoms with van der Waals surface area (Å²) in [7, 11) is 0. The Morgan fingerprint density at radius 1 is 1.42 bits per heavy atom. The minimum absolute atomic E-state index is 0.122. The molecule has 0 amide bonds. The van der Waals surface area contributed by atoms with Gasteiger partial charge in [-0.1, -0.05) is 20.8 Å². The molecular formula is C19H25NO6. The van der Waals surface area contributed by atoms with Gasteiger partial charge in [0.25, 0.3) is 0 Å². The van der Waals surface area contributed by atoms with Gasteiger partial charge in [-0.25, -0.2) is 4.79 Å². The highest BCUT2D eigenvalue weighted by Crippen LogP contribution is 2.71. The lowest BCUT2D eigenvalue weighted by atomic mass is 9.60. The van der Waals surface area contributed by atoms with E-state index in [0.29, 0.717) is 12.8 Å². The number of carbonyl (C=O) groups excluding carboxylic acids is 3. The highest BCUT2D eigenvalue weighted by molar-refractivity contribution is 5.86. The van der Waals surface area contributed by atoms with Crippen LogP contribution in [0.25, 0.3) is 0 Å². The van der Waals surface area contributed by atoms with Gasteiger partial charge in [0.15, 0.2) is 12.0 Å². The highest BCUT2D eigenvalue weighted by Gasteiger charge is 2.81. The number of nitriles is 1. The van der Waals surface area contributed by atoms with Crippen molar-refractivity contribution in [2.24, 2.45) is 28.1 Å². The van der Waals surface area contributed by atoms with Gasteiger partial charge in [-0.05, 0) is 32.6 Å². The van der Waals surface area contributed by atoms with Gasteiger partial charge in [0.2, 0.25) is 0 Å². The molecule has 3 aliphatic rings. The topological polar surface area (TPSA) is 103 Å². The zero-order chi connectivity index (χ0) is 19.5. The first-order valence-corrected chi connectivity index (χ1v) is 9.04. The zero-order valence-corrected chi connectivity index (χ0v) is 15.8. The van der Waals surface area contributed by atoms with Gasteiger partial charge in [0.1, 0.15) is 12.2 Å². The fraction of sp³-hybridized carbons (Fsp3) is 0.789. The monoisotopic (exact) mass is 363 g/mol. The fourth-order valence-corrected chi connectivity index (χ4v) is 4.90. The summed E-state index contributed by atoms with van der Waals surface area (Å²) in [6, 6.07) is 2.19. The van der Waals surface area contributed by atoms with Crippen LogP contribution >= 0.6 is 0 Å². The predicted molar refractivity (Wildman–Crippen MR) is 88.2 cm³/mol. The molecule has 7 nitrogen and oxygen atoms in total. The molecule has 1 heterocycles. The van der Waals surface area contributed by atoms with Crippen LogP contribution in [-0.4, -0.2) is 36.7 Å². The lowest BCUT2D eigenvalue weighted by molar-refractivity contribution is -0.174. The molecule has 26 heavy (non-hydrogen) atoms. The normalized spacial score (nSPS) is 40.1. The average molecular weight is 363 g/mol. The number of hydrogen-bond acceptors (Lipinski definition) is 7. The van der Waals surface area contributed by atoms with Gasteiger partial charge in [-0.15, -0.1) is 0 Å². The zero-order valence-electron chi connectivity index (χ0n) is 15.8. The van der Waals surface area contributed by atoms with E-state index in [-0.39, 0.29) is 11.8 Å². The molecular weight excluding hydrogens is 338 g/mol. The molecule has 2 aliphatic carbocycles. The number of hydrogen-bond donors (Lipinski definition) is 0. The molecule has 0 spiro atoms. The van der Waals surface area contributed by atoms with E-state index in [0.717, 1.165) is 0 Å². The molecule has 6 unspecified atom stereocenters. The molecule has 142 valence electrons. The van der Waals surface area contributed by atoms with E-state index < -0.39 is 53.0 Å². The molecule has 2 saturated carbocycles. The van der Waals surface area contributed by atoms with E-state index in [1.165, 1.54) is 0 Å². The van der Waals surface area contributed by atoms with Crippen LogP contribution in [-0.2, 0) is 28.6 Å². The summed E-state index contributed by atoms with van der Waals surface area (Å²) in [6.07, 6.45) is -0.0371. The Labute approximate surface area is 153 Å². The van der Waals surface area contributed by atoms with Crippen molar-refractivity contribution in [1.82, 2.24) is 0 Å². The molecule has 6 atom stereocenters. The third-order valence-electron chi connectivity index (χ3n) is 6.99. The number of esters is 3. The first-order valence-electron chi connectivity index (χ1n) is 9.04. The second kappa shape index (κ2) is 5.70. The molecule has 1 aliphatic heterocycles. The van der Waals surface area contributed by atoms with Gasteiger partial charge >= 0.3 is 17.9 Å². The lowest BCUT2D eigenvalue weighted by Crippen LogP contribution is -2.50. The van der Waals surface area contributed by atoms with E-state index in [4.69, 9.17) is 14.2 Å². The van der Waals surface area contributed by atoms with Gasteiger partial charge in [0, 0.05) is 11.3 Å². The lowest BCUT2D eigenvalue weighted by Gasteiger charge is -2.38. The Kier molecular flexibility index (Phi) is 4.10. The number of carbonyl (C=O) groups is 3. The smallest absolute Gasteiger partial charge is 0.344 e. The second-order valence-corrected chi connectivity index (χ2v) is 8.59. The van der Waals surface area contributed by atoms with Crippen molar-refractivity contribution in [2.75, 3.05) is 6.61 Å². The SMILES string of the molecule is CCC(C)(C)C(=O)OCC(=O)OC1C2CC3(C)C1OC(=O)C3(C#N)C2C. The molecule has 0 aromatic rings. The van der Waals surface area contributed by atoms with Crippen LogP contribution < -0.4 is 0 Å². The molecule has 3 fully saturated rings. The van der Waals surface area contributed by atoms with Gasteiger partial charge in [-0.3, -0.25) is 9.59 Å². The molecule has 0 N–H and O–H groups in total. The van der Waals surface area contributed by atoms with Crippen molar-refractivity contribution in [1.29, 1.82) is 5.26 Å². The van der Waals surface area contributed by atoms with Crippen molar-refractivity contribution in [2.45, 2.75) is 59.7 Å².